The van der Waals surface area contributed by atoms with Crippen molar-refractivity contribution in [3.63, 3.8) is 0 Å². The van der Waals surface area contributed by atoms with Gasteiger partial charge in [0.25, 0.3) is 0 Å². The van der Waals surface area contributed by atoms with Crippen molar-refractivity contribution in [3.8, 4) is 0 Å². The molecular weight excluding hydrogens is 300 g/mol. The Hall–Kier alpha value is -2.71. The molecule has 2 aromatic heterocycles. The first kappa shape index (κ1) is 16.7. The number of hydrazone groups is 1. The molecule has 0 fully saturated rings. The number of imidazole rings is 1. The quantitative estimate of drug-likeness (QED) is 0.366. The number of carboxylic acids is 1. The predicted molar refractivity (Wildman–Crippen MR) is 86.7 cm³/mol. The van der Waals surface area contributed by atoms with E-state index in [0.717, 1.165) is 19.3 Å². The SMILES string of the molecule is CCCCCn1c(N/N=C\CCC(=O)O)nc(=O)c2[nH]cnc21. The van der Waals surface area contributed by atoms with Crippen LogP contribution in [-0.2, 0) is 11.3 Å². The molecule has 2 heterocycles. The zero-order valence-corrected chi connectivity index (χ0v) is 12.9. The number of carbonyl (C=O) groups is 1. The predicted octanol–water partition coefficient (Wildman–Crippen LogP) is 1.57. The lowest BCUT2D eigenvalue weighted by Gasteiger charge is -2.11. The Labute approximate surface area is 132 Å². The van der Waals surface area contributed by atoms with Gasteiger partial charge in [-0.05, 0) is 12.8 Å². The zero-order chi connectivity index (χ0) is 16.7. The number of nitrogens with one attached hydrogen (secondary N) is 2. The van der Waals surface area contributed by atoms with Gasteiger partial charge in [-0.2, -0.15) is 10.1 Å². The van der Waals surface area contributed by atoms with Gasteiger partial charge in [-0.25, -0.2) is 10.4 Å². The lowest BCUT2D eigenvalue weighted by molar-refractivity contribution is -0.136. The van der Waals surface area contributed by atoms with Crippen LogP contribution in [0.1, 0.15) is 39.0 Å². The summed E-state index contributed by atoms with van der Waals surface area (Å²) in [6.45, 7) is 2.77. The van der Waals surface area contributed by atoms with Crippen LogP contribution >= 0.6 is 0 Å². The molecule has 0 aliphatic carbocycles. The van der Waals surface area contributed by atoms with Crippen molar-refractivity contribution in [2.45, 2.75) is 45.6 Å². The summed E-state index contributed by atoms with van der Waals surface area (Å²) in [6, 6.07) is 0. The van der Waals surface area contributed by atoms with Crippen LogP contribution in [-0.4, -0.2) is 36.8 Å². The van der Waals surface area contributed by atoms with Crippen molar-refractivity contribution in [2.24, 2.45) is 5.10 Å². The maximum absolute atomic E-state index is 12.0. The number of carboxylic acid groups (broad SMARTS) is 1. The number of rotatable bonds is 9. The smallest absolute Gasteiger partial charge is 0.303 e. The Morgan fingerprint density at radius 1 is 1.52 bits per heavy atom. The second-order valence-electron chi connectivity index (χ2n) is 5.06. The Kier molecular flexibility index (Phi) is 5.84. The monoisotopic (exact) mass is 320 g/mol. The van der Waals surface area contributed by atoms with Crippen molar-refractivity contribution < 1.29 is 9.90 Å². The van der Waals surface area contributed by atoms with Crippen LogP contribution in [0, 0.1) is 0 Å². The van der Waals surface area contributed by atoms with Gasteiger partial charge in [-0.15, -0.1) is 0 Å². The summed E-state index contributed by atoms with van der Waals surface area (Å²) in [4.78, 5) is 33.4. The lowest BCUT2D eigenvalue weighted by atomic mass is 10.2. The average Bonchev–Trinajstić information content (AvgIpc) is 2.99. The van der Waals surface area contributed by atoms with Gasteiger partial charge in [-0.1, -0.05) is 19.8 Å². The number of fused-ring (bicyclic) bond motifs is 1. The van der Waals surface area contributed by atoms with Crippen LogP contribution in [0.5, 0.6) is 0 Å². The number of unbranched alkanes of at least 4 members (excludes halogenated alkanes) is 2. The molecule has 0 aromatic carbocycles. The standard InChI is InChI=1S/C14H20N6O3/c1-2-3-4-8-20-12-11(15-9-16-12)13(23)18-14(20)19-17-7-5-6-10(21)22/h7,9H,2-6,8H2,1H3,(H,15,16)(H,21,22)(H,18,19,23)/b17-7-. The van der Waals surface area contributed by atoms with E-state index in [0.29, 0.717) is 30.1 Å². The molecule has 0 unspecified atom stereocenters. The van der Waals surface area contributed by atoms with Crippen molar-refractivity contribution in [2.75, 3.05) is 5.43 Å². The van der Waals surface area contributed by atoms with Crippen molar-refractivity contribution >= 4 is 29.3 Å². The third-order valence-electron chi connectivity index (χ3n) is 3.28. The zero-order valence-electron chi connectivity index (χ0n) is 12.9. The fourth-order valence-electron chi connectivity index (χ4n) is 2.13. The summed E-state index contributed by atoms with van der Waals surface area (Å²) in [5, 5.41) is 12.5. The number of aromatic nitrogens is 4. The normalized spacial score (nSPS) is 11.3. The molecule has 0 atom stereocenters. The summed E-state index contributed by atoms with van der Waals surface area (Å²) >= 11 is 0. The summed E-state index contributed by atoms with van der Waals surface area (Å²) in [5.74, 6) is -0.582. The molecular formula is C14H20N6O3. The minimum atomic E-state index is -0.885. The number of H-pyrrole nitrogens is 1. The fourth-order valence-corrected chi connectivity index (χ4v) is 2.13. The van der Waals surface area contributed by atoms with E-state index >= 15 is 0 Å². The molecule has 9 nitrogen and oxygen atoms in total. The Morgan fingerprint density at radius 3 is 3.09 bits per heavy atom. The van der Waals surface area contributed by atoms with Crippen LogP contribution in [0.4, 0.5) is 5.95 Å². The van der Waals surface area contributed by atoms with Gasteiger partial charge < -0.3 is 10.1 Å². The molecule has 2 rings (SSSR count). The number of hydrogen-bond donors (Lipinski definition) is 3. The molecule has 0 bridgehead atoms. The number of aliphatic carboxylic acids is 1. The Balaban J connectivity index is 2.20. The van der Waals surface area contributed by atoms with Gasteiger partial charge >= 0.3 is 11.5 Å². The van der Waals surface area contributed by atoms with Gasteiger partial charge in [0.05, 0.1) is 12.7 Å². The molecule has 0 amide bonds. The van der Waals surface area contributed by atoms with Crippen LogP contribution in [0.2, 0.25) is 0 Å². The van der Waals surface area contributed by atoms with Gasteiger partial charge in [0.2, 0.25) is 5.95 Å². The van der Waals surface area contributed by atoms with Crippen molar-refractivity contribution in [3.05, 3.63) is 16.7 Å². The molecule has 0 saturated carbocycles. The van der Waals surface area contributed by atoms with Gasteiger partial charge in [-0.3, -0.25) is 14.2 Å². The Morgan fingerprint density at radius 2 is 2.35 bits per heavy atom. The van der Waals surface area contributed by atoms with E-state index in [4.69, 9.17) is 5.11 Å². The van der Waals surface area contributed by atoms with E-state index in [1.807, 2.05) is 0 Å². The number of aromatic amines is 1. The highest BCUT2D eigenvalue weighted by atomic mass is 16.4. The molecule has 0 aliphatic rings. The van der Waals surface area contributed by atoms with E-state index in [1.165, 1.54) is 12.5 Å². The third kappa shape index (κ3) is 4.38. The van der Waals surface area contributed by atoms with Gasteiger partial charge in [0.15, 0.2) is 11.2 Å². The summed E-state index contributed by atoms with van der Waals surface area (Å²) in [7, 11) is 0. The van der Waals surface area contributed by atoms with Gasteiger partial charge in [0, 0.05) is 12.8 Å². The first-order valence-electron chi connectivity index (χ1n) is 7.56. The second kappa shape index (κ2) is 8.06. The van der Waals surface area contributed by atoms with E-state index in [1.54, 1.807) is 4.57 Å². The first-order valence-corrected chi connectivity index (χ1v) is 7.56. The molecule has 2 aromatic rings. The number of nitrogens with zero attached hydrogens (tertiary/aromatic N) is 4. The number of anilines is 1. The van der Waals surface area contributed by atoms with Crippen LogP contribution < -0.4 is 11.0 Å². The topological polar surface area (TPSA) is 125 Å². The first-order chi connectivity index (χ1) is 11.1. The highest BCUT2D eigenvalue weighted by Gasteiger charge is 2.12. The van der Waals surface area contributed by atoms with E-state index in [9.17, 15) is 9.59 Å². The maximum atomic E-state index is 12.0. The molecule has 3 N–H and O–H groups in total. The van der Waals surface area contributed by atoms with E-state index in [2.05, 4.69) is 32.4 Å². The van der Waals surface area contributed by atoms with E-state index in [-0.39, 0.29) is 6.42 Å². The van der Waals surface area contributed by atoms with Crippen LogP contribution in [0.15, 0.2) is 16.2 Å². The highest BCUT2D eigenvalue weighted by molar-refractivity contribution is 5.72. The summed E-state index contributed by atoms with van der Waals surface area (Å²) in [6.07, 6.45) is 6.27. The van der Waals surface area contributed by atoms with Crippen molar-refractivity contribution in [1.82, 2.24) is 19.5 Å². The van der Waals surface area contributed by atoms with Crippen LogP contribution in [0.3, 0.4) is 0 Å². The van der Waals surface area contributed by atoms with Crippen molar-refractivity contribution in [1.29, 1.82) is 0 Å². The largest absolute Gasteiger partial charge is 0.481 e. The molecule has 0 aliphatic heterocycles. The van der Waals surface area contributed by atoms with Gasteiger partial charge in [0.1, 0.15) is 0 Å². The Bertz CT molecular complexity index is 749. The molecule has 124 valence electrons. The third-order valence-corrected chi connectivity index (χ3v) is 3.28. The molecule has 23 heavy (non-hydrogen) atoms. The molecule has 0 spiro atoms. The molecule has 9 heteroatoms. The minimum absolute atomic E-state index is 0.000313. The molecule has 0 radical (unpaired) electrons. The maximum Gasteiger partial charge on any atom is 0.303 e. The highest BCUT2D eigenvalue weighted by Crippen LogP contribution is 2.13. The lowest BCUT2D eigenvalue weighted by Crippen LogP contribution is -2.18. The number of hydrogen-bond acceptors (Lipinski definition) is 6. The minimum Gasteiger partial charge on any atom is -0.481 e. The summed E-state index contributed by atoms with van der Waals surface area (Å²) < 4.78 is 1.80. The average molecular weight is 320 g/mol. The summed E-state index contributed by atoms with van der Waals surface area (Å²) in [5.41, 5.74) is 3.20. The number of aryl methyl sites for hydroxylation is 1. The van der Waals surface area contributed by atoms with E-state index < -0.39 is 11.5 Å². The second-order valence-corrected chi connectivity index (χ2v) is 5.06. The molecule has 0 saturated heterocycles. The van der Waals surface area contributed by atoms with Crippen LogP contribution in [0.25, 0.3) is 11.2 Å². The fraction of sp³-hybridized carbons (Fsp3) is 0.500.